The number of halogens is 2. The Morgan fingerprint density at radius 3 is 2.75 bits per heavy atom. The number of aryl methyl sites for hydroxylation is 1. The van der Waals surface area contributed by atoms with Gasteiger partial charge in [0.2, 0.25) is 11.8 Å². The largest absolute Gasteiger partial charge is 0.446 e. The highest BCUT2D eigenvalue weighted by Crippen LogP contribution is 2.34. The highest BCUT2D eigenvalue weighted by Gasteiger charge is 2.35. The third kappa shape index (κ3) is 4.04. The summed E-state index contributed by atoms with van der Waals surface area (Å²) in [4.78, 5) is 8.55. The number of aromatic nitrogens is 4. The Bertz CT molecular complexity index is 932. The summed E-state index contributed by atoms with van der Waals surface area (Å²) >= 11 is 0. The lowest BCUT2D eigenvalue weighted by molar-refractivity contribution is -0.0361. The van der Waals surface area contributed by atoms with Gasteiger partial charge in [-0.3, -0.25) is 0 Å². The van der Waals surface area contributed by atoms with Gasteiger partial charge in [-0.25, -0.2) is 23.4 Å². The Balaban J connectivity index is 1.64. The zero-order valence-electron chi connectivity index (χ0n) is 15.3. The Morgan fingerprint density at radius 1 is 1.32 bits per heavy atom. The standard InChI is InChI=1S/C19H21F2N5O2/c1-12-4-8-26(25-12)16-11-13(17(27)18-22-7-9-28-18)10-15(24-16)23-14-2-5-19(20,21)6-3-14/h4,7-11,14,17,27H,2-3,5-6H2,1H3,(H,23,24). The first-order chi connectivity index (χ1) is 13.4. The van der Waals surface area contributed by atoms with Crippen LogP contribution in [0.2, 0.25) is 0 Å². The first kappa shape index (κ1) is 18.5. The summed E-state index contributed by atoms with van der Waals surface area (Å²) in [5.74, 6) is -1.44. The third-order valence-corrected chi connectivity index (χ3v) is 4.86. The molecule has 1 fully saturated rings. The summed E-state index contributed by atoms with van der Waals surface area (Å²) in [7, 11) is 0. The van der Waals surface area contributed by atoms with E-state index >= 15 is 0 Å². The van der Waals surface area contributed by atoms with Crippen molar-refractivity contribution in [3.8, 4) is 5.82 Å². The van der Waals surface area contributed by atoms with Crippen LogP contribution >= 0.6 is 0 Å². The molecular formula is C19H21F2N5O2. The lowest BCUT2D eigenvalue weighted by Crippen LogP contribution is -2.32. The topological polar surface area (TPSA) is 89.0 Å². The van der Waals surface area contributed by atoms with E-state index in [2.05, 4.69) is 20.4 Å². The number of aliphatic hydroxyl groups excluding tert-OH is 1. The van der Waals surface area contributed by atoms with Crippen LogP contribution in [0.5, 0.6) is 0 Å². The Hall–Kier alpha value is -2.81. The molecule has 1 atom stereocenters. The van der Waals surface area contributed by atoms with E-state index < -0.39 is 12.0 Å². The minimum Gasteiger partial charge on any atom is -0.446 e. The molecule has 9 heteroatoms. The molecule has 4 rings (SSSR count). The fourth-order valence-corrected chi connectivity index (χ4v) is 3.33. The smallest absolute Gasteiger partial charge is 0.248 e. The average Bonchev–Trinajstić information content (AvgIpc) is 3.34. The van der Waals surface area contributed by atoms with Crippen molar-refractivity contribution in [2.75, 3.05) is 5.32 Å². The summed E-state index contributed by atoms with van der Waals surface area (Å²) in [6.45, 7) is 1.86. The van der Waals surface area contributed by atoms with E-state index in [4.69, 9.17) is 4.42 Å². The lowest BCUT2D eigenvalue weighted by atomic mass is 9.92. The van der Waals surface area contributed by atoms with Gasteiger partial charge in [0, 0.05) is 25.1 Å². The Labute approximate surface area is 160 Å². The number of hydrogen-bond acceptors (Lipinski definition) is 6. The van der Waals surface area contributed by atoms with E-state index in [1.54, 1.807) is 23.0 Å². The minimum atomic E-state index is -2.59. The van der Waals surface area contributed by atoms with Crippen molar-refractivity contribution in [1.29, 1.82) is 0 Å². The summed E-state index contributed by atoms with van der Waals surface area (Å²) < 4.78 is 33.7. The second-order valence-corrected chi connectivity index (χ2v) is 7.09. The van der Waals surface area contributed by atoms with Crippen LogP contribution in [0.15, 0.2) is 41.3 Å². The number of anilines is 1. The predicted molar refractivity (Wildman–Crippen MR) is 97.5 cm³/mol. The van der Waals surface area contributed by atoms with Gasteiger partial charge in [0.05, 0.1) is 11.9 Å². The van der Waals surface area contributed by atoms with Gasteiger partial charge in [0.25, 0.3) is 0 Å². The molecule has 3 aromatic rings. The Morgan fingerprint density at radius 2 is 2.11 bits per heavy atom. The van der Waals surface area contributed by atoms with Crippen molar-refractivity contribution in [1.82, 2.24) is 19.7 Å². The fourth-order valence-electron chi connectivity index (χ4n) is 3.33. The number of nitrogens with zero attached hydrogens (tertiary/aromatic N) is 4. The minimum absolute atomic E-state index is 0.103. The molecule has 1 aliphatic rings. The molecule has 1 aliphatic carbocycles. The van der Waals surface area contributed by atoms with E-state index in [1.807, 2.05) is 13.0 Å². The van der Waals surface area contributed by atoms with Crippen molar-refractivity contribution in [3.63, 3.8) is 0 Å². The van der Waals surface area contributed by atoms with Crippen molar-refractivity contribution in [2.45, 2.75) is 50.7 Å². The second-order valence-electron chi connectivity index (χ2n) is 7.09. The van der Waals surface area contributed by atoms with E-state index in [0.717, 1.165) is 5.69 Å². The highest BCUT2D eigenvalue weighted by atomic mass is 19.3. The van der Waals surface area contributed by atoms with Crippen LogP contribution in [0.4, 0.5) is 14.6 Å². The van der Waals surface area contributed by atoms with Crippen LogP contribution in [0.3, 0.4) is 0 Å². The molecule has 0 radical (unpaired) electrons. The van der Waals surface area contributed by atoms with Crippen LogP contribution in [0.1, 0.15) is 48.9 Å². The molecule has 2 N–H and O–H groups in total. The number of hydrogen-bond donors (Lipinski definition) is 2. The average molecular weight is 389 g/mol. The summed E-state index contributed by atoms with van der Waals surface area (Å²) in [5, 5.41) is 18.2. The normalized spacial score (nSPS) is 18.1. The zero-order valence-corrected chi connectivity index (χ0v) is 15.3. The summed E-state index contributed by atoms with van der Waals surface area (Å²) in [6, 6.07) is 5.12. The SMILES string of the molecule is Cc1ccn(-c2cc(C(O)c3ncco3)cc(NC3CCC(F)(F)CC3)n2)n1. The molecule has 1 saturated carbocycles. The van der Waals surface area contributed by atoms with Crippen LogP contribution < -0.4 is 5.32 Å². The van der Waals surface area contributed by atoms with Gasteiger partial charge in [-0.15, -0.1) is 0 Å². The molecule has 3 aromatic heterocycles. The van der Waals surface area contributed by atoms with E-state index in [-0.39, 0.29) is 24.8 Å². The summed E-state index contributed by atoms with van der Waals surface area (Å²) in [5.41, 5.74) is 1.34. The maximum absolute atomic E-state index is 13.4. The van der Waals surface area contributed by atoms with Crippen molar-refractivity contribution >= 4 is 5.82 Å². The quantitative estimate of drug-likeness (QED) is 0.693. The van der Waals surface area contributed by atoms with Gasteiger partial charge < -0.3 is 14.8 Å². The van der Waals surface area contributed by atoms with Gasteiger partial charge in [-0.05, 0) is 43.5 Å². The number of alkyl halides is 2. The highest BCUT2D eigenvalue weighted by molar-refractivity contribution is 5.46. The number of oxazole rings is 1. The van der Waals surface area contributed by atoms with Gasteiger partial charge in [-0.2, -0.15) is 5.10 Å². The number of nitrogens with one attached hydrogen (secondary N) is 1. The molecule has 0 aromatic carbocycles. The fraction of sp³-hybridized carbons (Fsp3) is 0.421. The number of aliphatic hydroxyl groups is 1. The first-order valence-corrected chi connectivity index (χ1v) is 9.16. The molecule has 7 nitrogen and oxygen atoms in total. The van der Waals surface area contributed by atoms with Crippen LogP contribution in [-0.4, -0.2) is 36.8 Å². The van der Waals surface area contributed by atoms with Crippen LogP contribution in [0.25, 0.3) is 5.82 Å². The molecule has 0 amide bonds. The molecule has 3 heterocycles. The van der Waals surface area contributed by atoms with Crippen molar-refractivity contribution < 1.29 is 18.3 Å². The molecule has 0 saturated heterocycles. The molecule has 28 heavy (non-hydrogen) atoms. The Kier molecular flexibility index (Phi) is 4.84. The van der Waals surface area contributed by atoms with Crippen molar-refractivity contribution in [3.05, 3.63) is 54.0 Å². The van der Waals surface area contributed by atoms with Gasteiger partial charge >= 0.3 is 0 Å². The summed E-state index contributed by atoms with van der Waals surface area (Å²) in [6.07, 6.45) is 3.96. The molecule has 0 bridgehead atoms. The number of pyridine rings is 1. The van der Waals surface area contributed by atoms with Crippen LogP contribution in [-0.2, 0) is 0 Å². The van der Waals surface area contributed by atoms with E-state index in [9.17, 15) is 13.9 Å². The lowest BCUT2D eigenvalue weighted by Gasteiger charge is -2.29. The molecule has 0 spiro atoms. The van der Waals surface area contributed by atoms with Gasteiger partial charge in [-0.1, -0.05) is 0 Å². The second kappa shape index (κ2) is 7.31. The van der Waals surface area contributed by atoms with Crippen LogP contribution in [0, 0.1) is 6.92 Å². The van der Waals surface area contributed by atoms with Crippen molar-refractivity contribution in [2.24, 2.45) is 0 Å². The maximum Gasteiger partial charge on any atom is 0.248 e. The maximum atomic E-state index is 13.4. The molecule has 148 valence electrons. The first-order valence-electron chi connectivity index (χ1n) is 9.16. The predicted octanol–water partition coefficient (Wildman–Crippen LogP) is 3.64. The van der Waals surface area contributed by atoms with E-state index in [0.29, 0.717) is 30.0 Å². The zero-order chi connectivity index (χ0) is 19.7. The van der Waals surface area contributed by atoms with E-state index in [1.165, 1.54) is 12.5 Å². The molecule has 0 aliphatic heterocycles. The third-order valence-electron chi connectivity index (χ3n) is 4.86. The number of rotatable bonds is 5. The molecular weight excluding hydrogens is 368 g/mol. The van der Waals surface area contributed by atoms with Gasteiger partial charge in [0.1, 0.15) is 12.1 Å². The monoisotopic (exact) mass is 389 g/mol. The molecule has 1 unspecified atom stereocenters. The van der Waals surface area contributed by atoms with Gasteiger partial charge in [0.15, 0.2) is 11.9 Å².